The van der Waals surface area contributed by atoms with Crippen molar-refractivity contribution in [2.75, 3.05) is 24.2 Å². The highest BCUT2D eigenvalue weighted by Crippen LogP contribution is 2.54. The van der Waals surface area contributed by atoms with E-state index in [9.17, 15) is 21.6 Å². The summed E-state index contributed by atoms with van der Waals surface area (Å²) < 4.78 is 70.3. The number of benzene rings is 1. The summed E-state index contributed by atoms with van der Waals surface area (Å²) in [6, 6.07) is 3.89. The van der Waals surface area contributed by atoms with Crippen molar-refractivity contribution in [2.24, 2.45) is 0 Å². The first-order valence-electron chi connectivity index (χ1n) is 8.32. The number of ether oxygens (including phenoxy) is 1. The second-order valence-electron chi connectivity index (χ2n) is 6.66. The molecule has 1 spiro atoms. The molecular formula is C16H14ClF3N4O4S. The molecule has 156 valence electrons. The Morgan fingerprint density at radius 1 is 1.38 bits per heavy atom. The summed E-state index contributed by atoms with van der Waals surface area (Å²) in [7, 11) is -5.76. The molecule has 3 N–H and O–H groups in total. The standard InChI is InChI=1S/C16H14ClF3N4O4S/c17-10-6-22-14(21)24-12(10)13-15(3-4-27-13)7-23-11-5-8(1-2-9(11)15)28-29(25,26)16(18,19)20/h1-2,5-6,13,23H,3-4,7H2,(H2,21,22,24)/t13-,15+/m0/s1. The fourth-order valence-corrected chi connectivity index (χ4v) is 4.35. The molecule has 1 fully saturated rings. The Morgan fingerprint density at radius 3 is 2.86 bits per heavy atom. The number of fused-ring (bicyclic) bond motifs is 2. The molecule has 4 rings (SSSR count). The quantitative estimate of drug-likeness (QED) is 0.541. The molecule has 13 heteroatoms. The zero-order valence-corrected chi connectivity index (χ0v) is 16.1. The highest BCUT2D eigenvalue weighted by Gasteiger charge is 2.52. The van der Waals surface area contributed by atoms with Crippen molar-refractivity contribution in [1.82, 2.24) is 9.97 Å². The van der Waals surface area contributed by atoms with Crippen LogP contribution in [0.1, 0.15) is 23.8 Å². The predicted octanol–water partition coefficient (Wildman–Crippen LogP) is 2.77. The van der Waals surface area contributed by atoms with Gasteiger partial charge in [0.2, 0.25) is 5.95 Å². The van der Waals surface area contributed by atoms with Gasteiger partial charge < -0.3 is 20.0 Å². The summed E-state index contributed by atoms with van der Waals surface area (Å²) in [4.78, 5) is 8.03. The van der Waals surface area contributed by atoms with Crippen molar-refractivity contribution in [3.8, 4) is 5.75 Å². The second kappa shape index (κ2) is 6.61. The molecule has 2 aliphatic rings. The summed E-state index contributed by atoms with van der Waals surface area (Å²) in [5, 5.41) is 3.35. The van der Waals surface area contributed by atoms with Gasteiger partial charge in [-0.2, -0.15) is 21.6 Å². The number of hydrogen-bond donors (Lipinski definition) is 2. The molecule has 0 radical (unpaired) electrons. The first-order valence-corrected chi connectivity index (χ1v) is 10.1. The van der Waals surface area contributed by atoms with E-state index in [1.165, 1.54) is 24.4 Å². The topological polar surface area (TPSA) is 116 Å². The van der Waals surface area contributed by atoms with Crippen molar-refractivity contribution < 1.29 is 30.5 Å². The van der Waals surface area contributed by atoms with Crippen LogP contribution in [0.15, 0.2) is 24.4 Å². The van der Waals surface area contributed by atoms with Crippen molar-refractivity contribution >= 4 is 33.4 Å². The third-order valence-corrected chi connectivity index (χ3v) is 6.25. The number of nitrogen functional groups attached to an aromatic ring is 1. The van der Waals surface area contributed by atoms with Gasteiger partial charge in [0.25, 0.3) is 0 Å². The number of rotatable bonds is 3. The smallest absolute Gasteiger partial charge is 0.384 e. The molecule has 1 aromatic heterocycles. The molecule has 0 unspecified atom stereocenters. The van der Waals surface area contributed by atoms with Gasteiger partial charge in [-0.15, -0.1) is 0 Å². The van der Waals surface area contributed by atoms with Crippen LogP contribution >= 0.6 is 11.6 Å². The van der Waals surface area contributed by atoms with Crippen LogP contribution in [0.3, 0.4) is 0 Å². The average Bonchev–Trinajstić information content (AvgIpc) is 3.21. The van der Waals surface area contributed by atoms with Gasteiger partial charge in [-0.25, -0.2) is 9.97 Å². The van der Waals surface area contributed by atoms with Gasteiger partial charge in [-0.3, -0.25) is 0 Å². The lowest BCUT2D eigenvalue weighted by atomic mass is 9.75. The number of nitrogens with one attached hydrogen (secondary N) is 1. The van der Waals surface area contributed by atoms with Crippen LogP contribution in [-0.4, -0.2) is 37.0 Å². The minimum atomic E-state index is -5.76. The minimum Gasteiger partial charge on any atom is -0.384 e. The first kappa shape index (κ1) is 20.0. The minimum absolute atomic E-state index is 0.0299. The van der Waals surface area contributed by atoms with E-state index in [-0.39, 0.29) is 11.0 Å². The lowest BCUT2D eigenvalue weighted by Gasteiger charge is -2.29. The molecule has 8 nitrogen and oxygen atoms in total. The lowest BCUT2D eigenvalue weighted by Crippen LogP contribution is -2.32. The van der Waals surface area contributed by atoms with E-state index < -0.39 is 32.9 Å². The number of anilines is 2. The normalized spacial score (nSPS) is 23.8. The fraction of sp³-hybridized carbons (Fsp3) is 0.375. The maximum Gasteiger partial charge on any atom is 0.534 e. The molecule has 2 atom stereocenters. The van der Waals surface area contributed by atoms with E-state index in [0.29, 0.717) is 31.0 Å². The molecule has 3 heterocycles. The summed E-state index contributed by atoms with van der Waals surface area (Å²) in [6.45, 7) is 0.773. The maximum absolute atomic E-state index is 12.6. The monoisotopic (exact) mass is 450 g/mol. The largest absolute Gasteiger partial charge is 0.534 e. The molecular weight excluding hydrogens is 437 g/mol. The van der Waals surface area contributed by atoms with Crippen LogP contribution < -0.4 is 15.2 Å². The van der Waals surface area contributed by atoms with Crippen LogP contribution in [0.5, 0.6) is 5.75 Å². The van der Waals surface area contributed by atoms with Gasteiger partial charge in [-0.1, -0.05) is 17.7 Å². The Morgan fingerprint density at radius 2 is 2.14 bits per heavy atom. The molecule has 29 heavy (non-hydrogen) atoms. The predicted molar refractivity (Wildman–Crippen MR) is 97.0 cm³/mol. The summed E-state index contributed by atoms with van der Waals surface area (Å²) in [6.07, 6.45) is 1.38. The van der Waals surface area contributed by atoms with E-state index in [4.69, 9.17) is 22.1 Å². The van der Waals surface area contributed by atoms with Gasteiger partial charge in [0, 0.05) is 30.3 Å². The third kappa shape index (κ3) is 3.24. The van der Waals surface area contributed by atoms with Crippen LogP contribution in [0.4, 0.5) is 24.8 Å². The van der Waals surface area contributed by atoms with E-state index in [1.54, 1.807) is 0 Å². The number of alkyl halides is 3. The maximum atomic E-state index is 12.6. The lowest BCUT2D eigenvalue weighted by molar-refractivity contribution is -0.0500. The molecule has 2 aromatic rings. The molecule has 0 amide bonds. The summed E-state index contributed by atoms with van der Waals surface area (Å²) >= 11 is 6.23. The molecule has 0 saturated carbocycles. The zero-order chi connectivity index (χ0) is 21.0. The summed E-state index contributed by atoms with van der Waals surface area (Å²) in [5.41, 5.74) is 1.12. The van der Waals surface area contributed by atoms with Crippen LogP contribution in [0.2, 0.25) is 5.02 Å². The third-order valence-electron chi connectivity index (χ3n) is 4.98. The molecule has 0 bridgehead atoms. The van der Waals surface area contributed by atoms with E-state index in [2.05, 4.69) is 19.5 Å². The Labute approximate surface area is 168 Å². The Kier molecular flexibility index (Phi) is 4.55. The molecule has 1 saturated heterocycles. The van der Waals surface area contributed by atoms with Crippen molar-refractivity contribution in [3.05, 3.63) is 40.7 Å². The highest BCUT2D eigenvalue weighted by molar-refractivity contribution is 7.88. The van der Waals surface area contributed by atoms with Gasteiger partial charge in [0.05, 0.1) is 16.9 Å². The molecule has 0 aliphatic carbocycles. The highest BCUT2D eigenvalue weighted by atomic mass is 35.5. The number of hydrogen-bond acceptors (Lipinski definition) is 8. The van der Waals surface area contributed by atoms with Crippen LogP contribution in [0, 0.1) is 0 Å². The number of aromatic nitrogens is 2. The van der Waals surface area contributed by atoms with Crippen LogP contribution in [-0.2, 0) is 20.3 Å². The molecule has 2 aliphatic heterocycles. The SMILES string of the molecule is Nc1ncc(Cl)c([C@@H]2OCC[C@]23CNc2cc(OS(=O)(=O)C(F)(F)F)ccc23)n1. The van der Waals surface area contributed by atoms with Gasteiger partial charge >= 0.3 is 15.6 Å². The Hall–Kier alpha value is -2.31. The zero-order valence-electron chi connectivity index (χ0n) is 14.5. The average molecular weight is 451 g/mol. The van der Waals surface area contributed by atoms with Crippen LogP contribution in [0.25, 0.3) is 0 Å². The van der Waals surface area contributed by atoms with E-state index >= 15 is 0 Å². The van der Waals surface area contributed by atoms with Crippen molar-refractivity contribution in [2.45, 2.75) is 23.4 Å². The first-order chi connectivity index (χ1) is 13.5. The number of halogens is 4. The fourth-order valence-electron chi connectivity index (χ4n) is 3.70. The Balaban J connectivity index is 1.71. The summed E-state index contributed by atoms with van der Waals surface area (Å²) in [5.74, 6) is -0.423. The van der Waals surface area contributed by atoms with Gasteiger partial charge in [0.1, 0.15) is 11.9 Å². The number of nitrogens with zero attached hydrogens (tertiary/aromatic N) is 2. The van der Waals surface area contributed by atoms with Gasteiger partial charge in [0.15, 0.2) is 0 Å². The Bertz CT molecular complexity index is 1080. The van der Waals surface area contributed by atoms with Crippen molar-refractivity contribution in [3.63, 3.8) is 0 Å². The molecule has 1 aromatic carbocycles. The van der Waals surface area contributed by atoms with Crippen molar-refractivity contribution in [1.29, 1.82) is 0 Å². The van der Waals surface area contributed by atoms with Gasteiger partial charge in [-0.05, 0) is 18.1 Å². The van der Waals surface area contributed by atoms with E-state index in [0.717, 1.165) is 5.56 Å². The second-order valence-corrected chi connectivity index (χ2v) is 8.61. The van der Waals surface area contributed by atoms with E-state index in [1.807, 2.05) is 0 Å². The number of nitrogens with two attached hydrogens (primary N) is 1.